The highest BCUT2D eigenvalue weighted by Gasteiger charge is 2.35. The summed E-state index contributed by atoms with van der Waals surface area (Å²) in [5, 5.41) is 32.4. The van der Waals surface area contributed by atoms with E-state index >= 15 is 0 Å². The summed E-state index contributed by atoms with van der Waals surface area (Å²) in [6.07, 6.45) is 4.62. The SMILES string of the molecule is N#CCC1(N=CC(C(N)=Nc2ccnc(F)c2)C(N)O)CCC(NCc2ccc(O)cc2)CC1. The van der Waals surface area contributed by atoms with Gasteiger partial charge in [0.2, 0.25) is 5.95 Å². The lowest BCUT2D eigenvalue weighted by Gasteiger charge is -2.36. The first-order valence-electron chi connectivity index (χ1n) is 11.1. The number of halogens is 1. The Morgan fingerprint density at radius 2 is 2.03 bits per heavy atom. The summed E-state index contributed by atoms with van der Waals surface area (Å²) in [7, 11) is 0. The maximum absolute atomic E-state index is 13.3. The number of nitrogens with zero attached hydrogens (tertiary/aromatic N) is 4. The molecule has 1 saturated carbocycles. The van der Waals surface area contributed by atoms with Gasteiger partial charge in [0.25, 0.3) is 0 Å². The zero-order valence-corrected chi connectivity index (χ0v) is 18.8. The van der Waals surface area contributed by atoms with E-state index in [-0.39, 0.29) is 29.7 Å². The second-order valence-electron chi connectivity index (χ2n) is 8.55. The Morgan fingerprint density at radius 1 is 1.32 bits per heavy atom. The van der Waals surface area contributed by atoms with Crippen LogP contribution in [0, 0.1) is 23.2 Å². The number of hydrogen-bond acceptors (Lipinski definition) is 8. The van der Waals surface area contributed by atoms with Crippen molar-refractivity contribution >= 4 is 17.7 Å². The minimum atomic E-state index is -1.36. The molecule has 10 heteroatoms. The van der Waals surface area contributed by atoms with Crippen LogP contribution in [0.4, 0.5) is 10.1 Å². The first-order valence-corrected chi connectivity index (χ1v) is 11.1. The number of benzene rings is 1. The predicted octanol–water partition coefficient (Wildman–Crippen LogP) is 2.26. The largest absolute Gasteiger partial charge is 0.508 e. The lowest BCUT2D eigenvalue weighted by atomic mass is 9.78. The number of nitrogens with one attached hydrogen (secondary N) is 1. The second-order valence-corrected chi connectivity index (χ2v) is 8.55. The third kappa shape index (κ3) is 7.05. The van der Waals surface area contributed by atoms with Crippen molar-refractivity contribution in [2.24, 2.45) is 27.4 Å². The van der Waals surface area contributed by atoms with Crippen LogP contribution in [-0.4, -0.2) is 45.1 Å². The molecule has 0 amide bonds. The van der Waals surface area contributed by atoms with Gasteiger partial charge in [-0.1, -0.05) is 12.1 Å². The quantitative estimate of drug-likeness (QED) is 0.163. The molecular weight excluding hydrogens is 437 g/mol. The van der Waals surface area contributed by atoms with Crippen LogP contribution >= 0.6 is 0 Å². The molecule has 1 heterocycles. The smallest absolute Gasteiger partial charge is 0.214 e. The van der Waals surface area contributed by atoms with Crippen molar-refractivity contribution < 1.29 is 14.6 Å². The molecule has 7 N–H and O–H groups in total. The van der Waals surface area contributed by atoms with E-state index in [0.29, 0.717) is 19.4 Å². The van der Waals surface area contributed by atoms with Crippen molar-refractivity contribution in [1.82, 2.24) is 10.3 Å². The average molecular weight is 468 g/mol. The highest BCUT2D eigenvalue weighted by Crippen LogP contribution is 2.35. The average Bonchev–Trinajstić information content (AvgIpc) is 2.80. The van der Waals surface area contributed by atoms with Gasteiger partial charge < -0.3 is 27.0 Å². The molecule has 2 atom stereocenters. The molecule has 1 fully saturated rings. The molecule has 1 aromatic carbocycles. The summed E-state index contributed by atoms with van der Waals surface area (Å²) in [6.45, 7) is 0.684. The molecule has 1 aliphatic carbocycles. The zero-order chi connectivity index (χ0) is 24.6. The van der Waals surface area contributed by atoms with Gasteiger partial charge in [0.05, 0.1) is 29.6 Å². The second kappa shape index (κ2) is 11.7. The summed E-state index contributed by atoms with van der Waals surface area (Å²) in [5.41, 5.74) is 12.5. The standard InChI is InChI=1S/C24H30FN7O2/c25-21-13-18(7-12-29-21)32-22(27)20(23(28)34)15-31-24(10-11-26)8-5-17(6-9-24)30-14-16-1-3-19(33)4-2-16/h1-4,7,12-13,15,17,20,23,30,33-34H,5-6,8-10,14,28H2,(H2,27,29,32). The lowest BCUT2D eigenvalue weighted by Crippen LogP contribution is -2.43. The Kier molecular flexibility index (Phi) is 8.65. The number of aromatic hydroxyl groups is 1. The molecule has 1 aliphatic rings. The van der Waals surface area contributed by atoms with Crippen molar-refractivity contribution in [3.63, 3.8) is 0 Å². The van der Waals surface area contributed by atoms with Crippen LogP contribution in [0.5, 0.6) is 5.75 Å². The molecule has 2 aromatic rings. The molecule has 9 nitrogen and oxygen atoms in total. The fourth-order valence-corrected chi connectivity index (χ4v) is 4.00. The van der Waals surface area contributed by atoms with E-state index in [2.05, 4.69) is 26.4 Å². The monoisotopic (exact) mass is 467 g/mol. The molecule has 180 valence electrons. The van der Waals surface area contributed by atoms with Gasteiger partial charge in [-0.3, -0.25) is 4.99 Å². The maximum Gasteiger partial charge on any atom is 0.214 e. The Hall–Kier alpha value is -3.39. The number of nitriles is 1. The molecule has 0 spiro atoms. The fraction of sp³-hybridized carbons (Fsp3) is 0.417. The first-order chi connectivity index (χ1) is 16.3. The van der Waals surface area contributed by atoms with Crippen molar-refractivity contribution in [1.29, 1.82) is 5.26 Å². The normalized spacial score (nSPS) is 22.9. The fourth-order valence-electron chi connectivity index (χ4n) is 4.00. The van der Waals surface area contributed by atoms with Crippen molar-refractivity contribution in [3.8, 4) is 11.8 Å². The highest BCUT2D eigenvalue weighted by molar-refractivity contribution is 5.98. The number of nitrogens with two attached hydrogens (primary N) is 2. The number of rotatable bonds is 9. The maximum atomic E-state index is 13.3. The highest BCUT2D eigenvalue weighted by atomic mass is 19.1. The first kappa shape index (κ1) is 25.2. The number of amidine groups is 1. The summed E-state index contributed by atoms with van der Waals surface area (Å²) in [4.78, 5) is 12.3. The minimum absolute atomic E-state index is 0.0132. The molecule has 0 radical (unpaired) electrons. The lowest BCUT2D eigenvalue weighted by molar-refractivity contribution is 0.170. The van der Waals surface area contributed by atoms with Crippen molar-refractivity contribution in [2.45, 2.75) is 56.5 Å². The zero-order valence-electron chi connectivity index (χ0n) is 18.8. The van der Waals surface area contributed by atoms with Crippen LogP contribution in [-0.2, 0) is 6.54 Å². The van der Waals surface area contributed by atoms with Crippen molar-refractivity contribution in [2.75, 3.05) is 0 Å². The van der Waals surface area contributed by atoms with E-state index in [1.54, 1.807) is 12.1 Å². The number of phenolic OH excluding ortho intramolecular Hbond substituents is 1. The van der Waals surface area contributed by atoms with Crippen LogP contribution in [0.2, 0.25) is 0 Å². The number of pyridine rings is 1. The van der Waals surface area contributed by atoms with Crippen LogP contribution < -0.4 is 16.8 Å². The number of hydrogen-bond donors (Lipinski definition) is 5. The van der Waals surface area contributed by atoms with Gasteiger partial charge in [0.15, 0.2) is 0 Å². The molecular formula is C24H30FN7O2. The summed E-state index contributed by atoms with van der Waals surface area (Å²) in [6, 6.07) is 12.2. The van der Waals surface area contributed by atoms with E-state index in [0.717, 1.165) is 24.5 Å². The summed E-state index contributed by atoms with van der Waals surface area (Å²) >= 11 is 0. The molecule has 1 aromatic heterocycles. The Morgan fingerprint density at radius 3 is 2.65 bits per heavy atom. The van der Waals surface area contributed by atoms with Gasteiger partial charge in [0, 0.05) is 31.1 Å². The molecule has 3 rings (SSSR count). The van der Waals surface area contributed by atoms with Crippen molar-refractivity contribution in [3.05, 3.63) is 54.1 Å². The number of aliphatic imine (C=N–C) groups is 2. The number of aliphatic hydroxyl groups excluding tert-OH is 1. The number of aliphatic hydroxyl groups is 1. The summed E-state index contributed by atoms with van der Waals surface area (Å²) < 4.78 is 13.3. The molecule has 34 heavy (non-hydrogen) atoms. The number of aromatic nitrogens is 1. The van der Waals surface area contributed by atoms with Crippen LogP contribution in [0.3, 0.4) is 0 Å². The minimum Gasteiger partial charge on any atom is -0.508 e. The van der Waals surface area contributed by atoms with Crippen LogP contribution in [0.1, 0.15) is 37.7 Å². The van der Waals surface area contributed by atoms with Crippen LogP contribution in [0.25, 0.3) is 0 Å². The van der Waals surface area contributed by atoms with E-state index in [4.69, 9.17) is 11.5 Å². The van der Waals surface area contributed by atoms with E-state index < -0.39 is 23.6 Å². The number of phenols is 1. The predicted molar refractivity (Wildman–Crippen MR) is 128 cm³/mol. The van der Waals surface area contributed by atoms with Gasteiger partial charge in [-0.05, 0) is 49.4 Å². The Bertz CT molecular complexity index is 1040. The molecule has 0 saturated heterocycles. The Balaban J connectivity index is 1.65. The third-order valence-corrected chi connectivity index (χ3v) is 6.04. The van der Waals surface area contributed by atoms with E-state index in [1.165, 1.54) is 18.5 Å². The molecule has 2 unspecified atom stereocenters. The Labute approximate surface area is 198 Å². The van der Waals surface area contributed by atoms with Gasteiger partial charge in [-0.2, -0.15) is 9.65 Å². The molecule has 0 bridgehead atoms. The topological polar surface area (TPSA) is 166 Å². The van der Waals surface area contributed by atoms with Gasteiger partial charge in [0.1, 0.15) is 17.8 Å². The third-order valence-electron chi connectivity index (χ3n) is 6.04. The van der Waals surface area contributed by atoms with Gasteiger partial charge in [-0.25, -0.2) is 9.98 Å². The van der Waals surface area contributed by atoms with Gasteiger partial charge in [-0.15, -0.1) is 0 Å². The van der Waals surface area contributed by atoms with E-state index in [9.17, 15) is 19.9 Å². The molecule has 0 aliphatic heterocycles. The summed E-state index contributed by atoms with van der Waals surface area (Å²) in [5.74, 6) is -1.37. The van der Waals surface area contributed by atoms with E-state index in [1.807, 2.05) is 12.1 Å². The van der Waals surface area contributed by atoms with Crippen LogP contribution in [0.15, 0.2) is 52.6 Å². The van der Waals surface area contributed by atoms with Gasteiger partial charge >= 0.3 is 0 Å².